The molecule has 0 aliphatic carbocycles. The quantitative estimate of drug-likeness (QED) is 0.425. The van der Waals surface area contributed by atoms with Crippen LogP contribution in [0.2, 0.25) is 10.0 Å². The Kier molecular flexibility index (Phi) is 6.70. The summed E-state index contributed by atoms with van der Waals surface area (Å²) in [5, 5.41) is 10.6. The molecule has 2 aromatic rings. The fourth-order valence-electron chi connectivity index (χ4n) is 2.23. The third kappa shape index (κ3) is 5.42. The highest BCUT2D eigenvalue weighted by atomic mass is 79.9. The minimum absolute atomic E-state index is 0.0918. The number of rotatable bonds is 6. The molecule has 1 aliphatic heterocycles. The van der Waals surface area contributed by atoms with Crippen LogP contribution in [0.5, 0.6) is 11.5 Å². The van der Waals surface area contributed by atoms with E-state index < -0.39 is 0 Å². The topological polar surface area (TPSA) is 71.4 Å². The summed E-state index contributed by atoms with van der Waals surface area (Å²) in [5.74, 6) is 0.776. The van der Waals surface area contributed by atoms with Crippen molar-refractivity contribution in [1.29, 1.82) is 5.41 Å². The van der Waals surface area contributed by atoms with Gasteiger partial charge in [-0.3, -0.25) is 10.2 Å². The van der Waals surface area contributed by atoms with E-state index in [0.717, 1.165) is 22.0 Å². The minimum atomic E-state index is -0.317. The van der Waals surface area contributed by atoms with Gasteiger partial charge in [0, 0.05) is 4.47 Å². The molecule has 0 bridgehead atoms. The fourth-order valence-corrected chi connectivity index (χ4v) is 3.81. The van der Waals surface area contributed by atoms with Crippen LogP contribution in [-0.2, 0) is 4.79 Å². The number of amidine groups is 1. The number of carbonyl (C=O) groups excluding carboxylic acids is 1. The number of hydrogen-bond acceptors (Lipinski definition) is 5. The fraction of sp³-hybridized carbons (Fsp3) is 0.111. The number of nitrogens with one attached hydrogen (secondary N) is 2. The summed E-state index contributed by atoms with van der Waals surface area (Å²) < 4.78 is 12.2. The Bertz CT molecular complexity index is 896. The Morgan fingerprint density at radius 1 is 1.11 bits per heavy atom. The lowest BCUT2D eigenvalue weighted by Gasteiger charge is -2.12. The van der Waals surface area contributed by atoms with Gasteiger partial charge < -0.3 is 14.8 Å². The molecule has 1 aliphatic rings. The smallest absolute Gasteiger partial charge is 0.264 e. The van der Waals surface area contributed by atoms with Crippen molar-refractivity contribution in [3.63, 3.8) is 0 Å². The van der Waals surface area contributed by atoms with Crippen molar-refractivity contribution in [3.8, 4) is 11.5 Å². The maximum absolute atomic E-state index is 11.7. The predicted octanol–water partition coefficient (Wildman–Crippen LogP) is 5.35. The van der Waals surface area contributed by atoms with Crippen LogP contribution in [0.25, 0.3) is 6.08 Å². The summed E-state index contributed by atoms with van der Waals surface area (Å²) in [6.07, 6.45) is 1.62. The lowest BCUT2D eigenvalue weighted by atomic mass is 10.2. The number of carbonyl (C=O) groups is 1. The molecule has 5 nitrogen and oxygen atoms in total. The molecule has 0 aromatic heterocycles. The third-order valence-corrected chi connectivity index (χ3v) is 5.31. The van der Waals surface area contributed by atoms with Crippen molar-refractivity contribution in [2.24, 2.45) is 0 Å². The Morgan fingerprint density at radius 3 is 2.33 bits per heavy atom. The van der Waals surface area contributed by atoms with Gasteiger partial charge in [0.25, 0.3) is 5.91 Å². The van der Waals surface area contributed by atoms with Gasteiger partial charge in [-0.15, -0.1) is 0 Å². The Hall–Kier alpha value is -1.67. The Labute approximate surface area is 178 Å². The zero-order chi connectivity index (χ0) is 19.4. The van der Waals surface area contributed by atoms with Gasteiger partial charge in [0.1, 0.15) is 19.0 Å². The van der Waals surface area contributed by atoms with Crippen LogP contribution >= 0.6 is 50.9 Å². The summed E-state index contributed by atoms with van der Waals surface area (Å²) in [4.78, 5) is 12.1. The molecule has 1 fully saturated rings. The van der Waals surface area contributed by atoms with Crippen LogP contribution in [0.1, 0.15) is 5.56 Å². The number of hydrogen-bond donors (Lipinski definition) is 2. The summed E-state index contributed by atoms with van der Waals surface area (Å²) in [6, 6.07) is 10.8. The van der Waals surface area contributed by atoms with Gasteiger partial charge in [-0.2, -0.15) is 0 Å². The zero-order valence-corrected chi connectivity index (χ0v) is 17.6. The van der Waals surface area contributed by atoms with E-state index in [2.05, 4.69) is 21.2 Å². The summed E-state index contributed by atoms with van der Waals surface area (Å²) in [5.41, 5.74) is 0.649. The van der Waals surface area contributed by atoms with Crippen molar-refractivity contribution in [2.75, 3.05) is 13.2 Å². The molecule has 0 saturated carbocycles. The molecule has 2 N–H and O–H groups in total. The SMILES string of the molecule is N=C1NC(=O)/C(=C/c2cc(Cl)c(OCCOc3ccc(Br)cc3)c(Cl)c2)S1. The summed E-state index contributed by atoms with van der Waals surface area (Å²) in [7, 11) is 0. The first kappa shape index (κ1) is 20.1. The van der Waals surface area contributed by atoms with Gasteiger partial charge >= 0.3 is 0 Å². The number of halogens is 3. The third-order valence-electron chi connectivity index (χ3n) is 3.39. The molecule has 9 heteroatoms. The van der Waals surface area contributed by atoms with Crippen LogP contribution in [-0.4, -0.2) is 24.3 Å². The molecule has 2 aromatic carbocycles. The van der Waals surface area contributed by atoms with E-state index in [1.807, 2.05) is 24.3 Å². The largest absolute Gasteiger partial charge is 0.490 e. The number of thioether (sulfide) groups is 1. The van der Waals surface area contributed by atoms with Crippen LogP contribution in [0.4, 0.5) is 0 Å². The lowest BCUT2D eigenvalue weighted by molar-refractivity contribution is -0.115. The van der Waals surface area contributed by atoms with Gasteiger partial charge in [0.2, 0.25) is 0 Å². The first-order chi connectivity index (χ1) is 12.9. The van der Waals surface area contributed by atoms with Crippen molar-refractivity contribution in [1.82, 2.24) is 5.32 Å². The molecular weight excluding hydrogens is 475 g/mol. The maximum atomic E-state index is 11.7. The first-order valence-corrected chi connectivity index (χ1v) is 10.1. The lowest BCUT2D eigenvalue weighted by Crippen LogP contribution is -2.18. The second-order valence-electron chi connectivity index (χ2n) is 5.36. The molecule has 0 unspecified atom stereocenters. The van der Waals surface area contributed by atoms with Crippen LogP contribution < -0.4 is 14.8 Å². The predicted molar refractivity (Wildman–Crippen MR) is 113 cm³/mol. The molecule has 140 valence electrons. The van der Waals surface area contributed by atoms with E-state index in [0.29, 0.717) is 32.9 Å². The zero-order valence-electron chi connectivity index (χ0n) is 13.7. The van der Waals surface area contributed by atoms with E-state index in [1.54, 1.807) is 18.2 Å². The van der Waals surface area contributed by atoms with Crippen LogP contribution in [0.3, 0.4) is 0 Å². The Morgan fingerprint density at radius 2 is 1.74 bits per heavy atom. The van der Waals surface area contributed by atoms with E-state index >= 15 is 0 Å². The summed E-state index contributed by atoms with van der Waals surface area (Å²) in [6.45, 7) is 0.602. The van der Waals surface area contributed by atoms with E-state index in [9.17, 15) is 4.79 Å². The van der Waals surface area contributed by atoms with Gasteiger partial charge in [-0.25, -0.2) is 0 Å². The van der Waals surface area contributed by atoms with Crippen molar-refractivity contribution in [2.45, 2.75) is 0 Å². The normalized spacial score (nSPS) is 15.1. The Balaban J connectivity index is 1.61. The molecule has 27 heavy (non-hydrogen) atoms. The average molecular weight is 488 g/mol. The molecular formula is C18H13BrCl2N2O3S. The molecule has 0 atom stereocenters. The van der Waals surface area contributed by atoms with Crippen molar-refractivity contribution >= 4 is 68.0 Å². The van der Waals surface area contributed by atoms with E-state index in [1.165, 1.54) is 0 Å². The van der Waals surface area contributed by atoms with Gasteiger partial charge in [0.05, 0.1) is 15.0 Å². The van der Waals surface area contributed by atoms with E-state index in [-0.39, 0.29) is 17.7 Å². The number of amides is 1. The minimum Gasteiger partial charge on any atom is -0.490 e. The van der Waals surface area contributed by atoms with Crippen LogP contribution in [0, 0.1) is 5.41 Å². The number of benzene rings is 2. The standard InChI is InChI=1S/C18H13BrCl2N2O3S/c19-11-1-3-12(4-2-11)25-5-6-26-16-13(20)7-10(8-14(16)21)9-15-17(24)23-18(22)27-15/h1-4,7-9H,5-6H2,(H2,22,23,24)/b15-9-. The summed E-state index contributed by atoms with van der Waals surface area (Å²) >= 11 is 16.9. The van der Waals surface area contributed by atoms with Gasteiger partial charge in [0.15, 0.2) is 10.9 Å². The van der Waals surface area contributed by atoms with E-state index in [4.69, 9.17) is 38.1 Å². The highest BCUT2D eigenvalue weighted by Gasteiger charge is 2.22. The molecule has 3 rings (SSSR count). The van der Waals surface area contributed by atoms with Gasteiger partial charge in [-0.1, -0.05) is 39.1 Å². The second kappa shape index (κ2) is 9.01. The van der Waals surface area contributed by atoms with Crippen LogP contribution in [0.15, 0.2) is 45.8 Å². The maximum Gasteiger partial charge on any atom is 0.264 e. The van der Waals surface area contributed by atoms with Gasteiger partial charge in [-0.05, 0) is 59.8 Å². The molecule has 1 amide bonds. The molecule has 1 heterocycles. The second-order valence-corrected chi connectivity index (χ2v) is 8.14. The van der Waals surface area contributed by atoms with Crippen molar-refractivity contribution < 1.29 is 14.3 Å². The molecule has 0 radical (unpaired) electrons. The monoisotopic (exact) mass is 486 g/mol. The average Bonchev–Trinajstić information content (AvgIpc) is 2.92. The molecule has 0 spiro atoms. The van der Waals surface area contributed by atoms with Crippen molar-refractivity contribution in [3.05, 3.63) is 61.4 Å². The first-order valence-electron chi connectivity index (χ1n) is 7.72. The highest BCUT2D eigenvalue weighted by molar-refractivity contribution is 9.10. The molecule has 1 saturated heterocycles. The highest BCUT2D eigenvalue weighted by Crippen LogP contribution is 2.36. The number of ether oxygens (including phenoxy) is 2.